The number of nitrogens with one attached hydrogen (secondary N) is 4. The number of unbranched alkanes of at least 4 members (excludes halogenated alkanes) is 1. The number of methoxy groups -OCH3 is 1. The van der Waals surface area contributed by atoms with Gasteiger partial charge in [0.25, 0.3) is 11.8 Å². The number of piperidine rings is 2. The molecule has 0 bridgehead atoms. The molecule has 0 saturated carbocycles. The number of nitrogens with two attached hydrogens (primary N) is 1. The zero-order valence-corrected chi connectivity index (χ0v) is 36.9. The topological polar surface area (TPSA) is 198 Å². The van der Waals surface area contributed by atoms with Crippen LogP contribution in [0.15, 0.2) is 42.5 Å². The first-order valence-corrected chi connectivity index (χ1v) is 22.1. The molecule has 0 aliphatic carbocycles. The summed E-state index contributed by atoms with van der Waals surface area (Å²) in [6, 6.07) is 12.8. The molecule has 1 atom stereocenters. The number of imide groups is 1. The first kappa shape index (κ1) is 44.9. The van der Waals surface area contributed by atoms with E-state index in [9.17, 15) is 24.0 Å². The standard InChI is InChI=1S/C47H60N10O6/c1-30(2)42-36(41(43(44(48)49)57(42)50-3)46(61)51-34-12-8-32(9-13-34)29-63-4)15-10-31-18-21-55(22-19-31)40(59)7-5-6-20-53-23-25-54(26-24-53)35-14-11-33-28-56(47(62)37(33)27-35)38-16-17-39(58)52-45(38)60/h8-9,11-14,27,30-31,38,50H,5-7,16-26,28-29H2,1-4H3,(H3,48,49)(H,51,61)(H,52,58,60). The van der Waals surface area contributed by atoms with Crippen molar-refractivity contribution in [2.24, 2.45) is 11.7 Å². The molecule has 3 fully saturated rings. The van der Waals surface area contributed by atoms with Crippen LogP contribution < -0.4 is 26.7 Å². The predicted molar refractivity (Wildman–Crippen MR) is 241 cm³/mol. The van der Waals surface area contributed by atoms with E-state index in [0.29, 0.717) is 55.9 Å². The van der Waals surface area contributed by atoms with Gasteiger partial charge in [-0.3, -0.25) is 44.3 Å². The summed E-state index contributed by atoms with van der Waals surface area (Å²) in [5, 5.41) is 13.8. The van der Waals surface area contributed by atoms with Crippen LogP contribution in [-0.2, 0) is 32.3 Å². The monoisotopic (exact) mass is 860 g/mol. The molecule has 4 aliphatic rings. The van der Waals surface area contributed by atoms with Crippen LogP contribution in [0.1, 0.15) is 114 Å². The van der Waals surface area contributed by atoms with Gasteiger partial charge >= 0.3 is 0 Å². The lowest BCUT2D eigenvalue weighted by atomic mass is 9.95. The molecule has 0 spiro atoms. The van der Waals surface area contributed by atoms with Crippen molar-refractivity contribution in [3.05, 3.63) is 81.7 Å². The van der Waals surface area contributed by atoms with Crippen LogP contribution in [0.5, 0.6) is 0 Å². The number of aromatic nitrogens is 1. The van der Waals surface area contributed by atoms with Crippen LogP contribution in [0.2, 0.25) is 0 Å². The third kappa shape index (κ3) is 10.1. The van der Waals surface area contributed by atoms with Crippen molar-refractivity contribution in [1.29, 1.82) is 5.41 Å². The number of carbonyl (C=O) groups is 5. The summed E-state index contributed by atoms with van der Waals surface area (Å²) in [7, 11) is 3.36. The van der Waals surface area contributed by atoms with Crippen molar-refractivity contribution >= 4 is 46.7 Å². The zero-order chi connectivity index (χ0) is 44.8. The number of piperazine rings is 1. The van der Waals surface area contributed by atoms with Gasteiger partial charge in [-0.15, -0.1) is 0 Å². The van der Waals surface area contributed by atoms with Crippen LogP contribution in [0, 0.1) is 23.2 Å². The summed E-state index contributed by atoms with van der Waals surface area (Å²) in [5.74, 6) is 5.44. The van der Waals surface area contributed by atoms with Crippen molar-refractivity contribution in [3.63, 3.8) is 0 Å². The van der Waals surface area contributed by atoms with Gasteiger partial charge in [0, 0.05) is 95.7 Å². The molecule has 16 heteroatoms. The summed E-state index contributed by atoms with van der Waals surface area (Å²) in [5.41, 5.74) is 15.1. The van der Waals surface area contributed by atoms with Crippen molar-refractivity contribution in [2.75, 3.05) is 75.6 Å². The maximum Gasteiger partial charge on any atom is 0.259 e. The van der Waals surface area contributed by atoms with Gasteiger partial charge in [-0.1, -0.05) is 43.9 Å². The maximum absolute atomic E-state index is 13.9. The number of rotatable bonds is 14. The molecule has 334 valence electrons. The van der Waals surface area contributed by atoms with Crippen LogP contribution in [-0.4, -0.2) is 121 Å². The summed E-state index contributed by atoms with van der Waals surface area (Å²) in [6.07, 6.45) is 4.30. The number of hydrogen-bond donors (Lipinski definition) is 5. The summed E-state index contributed by atoms with van der Waals surface area (Å²) in [4.78, 5) is 72.9. The second-order valence-electron chi connectivity index (χ2n) is 17.1. The van der Waals surface area contributed by atoms with E-state index in [-0.39, 0.29) is 53.1 Å². The van der Waals surface area contributed by atoms with Crippen LogP contribution in [0.4, 0.5) is 11.4 Å². The Morgan fingerprint density at radius 3 is 2.37 bits per heavy atom. The largest absolute Gasteiger partial charge is 0.382 e. The normalized spacial score (nSPS) is 18.3. The van der Waals surface area contributed by atoms with Crippen molar-refractivity contribution < 1.29 is 28.7 Å². The molecule has 3 saturated heterocycles. The quantitative estimate of drug-likeness (QED) is 0.0523. The van der Waals surface area contributed by atoms with Gasteiger partial charge in [-0.05, 0) is 80.0 Å². The average molecular weight is 861 g/mol. The van der Waals surface area contributed by atoms with Gasteiger partial charge in [0.15, 0.2) is 0 Å². The minimum Gasteiger partial charge on any atom is -0.382 e. The molecule has 7 rings (SSSR count). The third-order valence-corrected chi connectivity index (χ3v) is 12.6. The number of nitrogens with zero attached hydrogens (tertiary/aromatic N) is 5. The molecule has 1 unspecified atom stereocenters. The van der Waals surface area contributed by atoms with Crippen LogP contribution >= 0.6 is 0 Å². The molecule has 6 N–H and O–H groups in total. The Hall–Kier alpha value is -6.18. The van der Waals surface area contributed by atoms with E-state index < -0.39 is 17.9 Å². The molecule has 1 aromatic heterocycles. The molecule has 5 heterocycles. The number of nitrogen functional groups attached to an aromatic ring is 1. The number of hydrogen-bond acceptors (Lipinski definition) is 10. The Morgan fingerprint density at radius 1 is 0.984 bits per heavy atom. The molecule has 16 nitrogen and oxygen atoms in total. The highest BCUT2D eigenvalue weighted by atomic mass is 16.5. The molecular weight excluding hydrogens is 801 g/mol. The van der Waals surface area contributed by atoms with Crippen molar-refractivity contribution in [2.45, 2.75) is 83.9 Å². The van der Waals surface area contributed by atoms with E-state index in [1.807, 2.05) is 55.1 Å². The Bertz CT molecular complexity index is 2290. The molecular formula is C47H60N10O6. The summed E-state index contributed by atoms with van der Waals surface area (Å²) in [6.45, 7) is 10.5. The lowest BCUT2D eigenvalue weighted by Crippen LogP contribution is -2.52. The minimum absolute atomic E-state index is 0.0368. The highest BCUT2D eigenvalue weighted by molar-refractivity contribution is 6.14. The number of ether oxygens (including phenoxy) is 1. The Kier molecular flexibility index (Phi) is 14.2. The van der Waals surface area contributed by atoms with Gasteiger partial charge in [-0.25, -0.2) is 0 Å². The molecule has 63 heavy (non-hydrogen) atoms. The van der Waals surface area contributed by atoms with Crippen molar-refractivity contribution in [1.82, 2.24) is 24.7 Å². The number of benzene rings is 2. The van der Waals surface area contributed by atoms with E-state index in [1.54, 1.807) is 23.7 Å². The SMILES string of the molecule is CNn1c(C(=N)N)c(C(=O)Nc2ccc(COC)cc2)c(C#CC2CCN(C(=O)CCCCN3CCN(c4ccc5c(c4)C(=O)N(C4CCC(=O)NC4=O)C5)CC3)CC2)c1C(C)C. The van der Waals surface area contributed by atoms with Crippen molar-refractivity contribution in [3.8, 4) is 11.8 Å². The Morgan fingerprint density at radius 2 is 1.71 bits per heavy atom. The average Bonchev–Trinajstić information content (AvgIpc) is 3.79. The molecule has 2 aromatic carbocycles. The van der Waals surface area contributed by atoms with E-state index in [0.717, 1.165) is 80.9 Å². The lowest BCUT2D eigenvalue weighted by molar-refractivity contribution is -0.137. The first-order chi connectivity index (χ1) is 30.4. The highest BCUT2D eigenvalue weighted by Gasteiger charge is 2.39. The Labute approximate surface area is 369 Å². The fraction of sp³-hybridized carbons (Fsp3) is 0.489. The smallest absolute Gasteiger partial charge is 0.259 e. The number of amides is 5. The van der Waals surface area contributed by atoms with Gasteiger partial charge in [0.1, 0.15) is 17.6 Å². The lowest BCUT2D eigenvalue weighted by Gasteiger charge is -2.36. The molecule has 4 aliphatic heterocycles. The molecule has 5 amide bonds. The van der Waals surface area contributed by atoms with E-state index >= 15 is 0 Å². The van der Waals surface area contributed by atoms with Gasteiger partial charge in [0.05, 0.1) is 23.4 Å². The maximum atomic E-state index is 13.9. The van der Waals surface area contributed by atoms with E-state index in [1.165, 1.54) is 0 Å². The molecule has 0 radical (unpaired) electrons. The minimum atomic E-state index is -0.622. The van der Waals surface area contributed by atoms with Crippen LogP contribution in [0.25, 0.3) is 0 Å². The predicted octanol–water partition coefficient (Wildman–Crippen LogP) is 3.81. The Balaban J connectivity index is 0.874. The van der Waals surface area contributed by atoms with E-state index in [2.05, 4.69) is 43.8 Å². The summed E-state index contributed by atoms with van der Waals surface area (Å²) >= 11 is 0. The highest BCUT2D eigenvalue weighted by Crippen LogP contribution is 2.32. The number of anilines is 2. The van der Waals surface area contributed by atoms with Gasteiger partial charge in [-0.2, -0.15) is 0 Å². The van der Waals surface area contributed by atoms with E-state index in [4.69, 9.17) is 15.9 Å². The third-order valence-electron chi connectivity index (χ3n) is 12.6. The number of fused-ring (bicyclic) bond motifs is 1. The second kappa shape index (κ2) is 19.9. The van der Waals surface area contributed by atoms with Gasteiger partial charge < -0.3 is 35.9 Å². The van der Waals surface area contributed by atoms with Crippen LogP contribution in [0.3, 0.4) is 0 Å². The van der Waals surface area contributed by atoms with Gasteiger partial charge in [0.2, 0.25) is 17.7 Å². The zero-order valence-electron chi connectivity index (χ0n) is 36.9. The fourth-order valence-electron chi connectivity index (χ4n) is 9.20. The second-order valence-corrected chi connectivity index (χ2v) is 17.1. The molecule has 3 aromatic rings. The number of likely N-dealkylation sites (tertiary alicyclic amines) is 1. The number of carbonyl (C=O) groups excluding carboxylic acids is 5. The summed E-state index contributed by atoms with van der Waals surface area (Å²) < 4.78 is 6.90. The first-order valence-electron chi connectivity index (χ1n) is 22.1. The fourth-order valence-corrected chi connectivity index (χ4v) is 9.20. The number of amidine groups is 1.